The van der Waals surface area contributed by atoms with Crippen LogP contribution in [0.2, 0.25) is 0 Å². The third kappa shape index (κ3) is 4.94. The zero-order valence-electron chi connectivity index (χ0n) is 17.7. The van der Waals surface area contributed by atoms with E-state index >= 15 is 0 Å². The fraction of sp³-hybridized carbons (Fsp3) is 0.292. The minimum atomic E-state index is -0.184. The summed E-state index contributed by atoms with van der Waals surface area (Å²) in [6.45, 7) is 7.48. The van der Waals surface area contributed by atoms with E-state index in [4.69, 9.17) is 4.74 Å². The number of rotatable bonds is 8. The first-order valence-corrected chi connectivity index (χ1v) is 10.9. The van der Waals surface area contributed by atoms with Gasteiger partial charge in [0, 0.05) is 18.2 Å². The van der Waals surface area contributed by atoms with Crippen molar-refractivity contribution in [2.24, 2.45) is 0 Å². The average molecular weight is 423 g/mol. The second-order valence-corrected chi connectivity index (χ2v) is 8.01. The summed E-state index contributed by atoms with van der Waals surface area (Å²) in [6, 6.07) is 13.5. The van der Waals surface area contributed by atoms with E-state index in [-0.39, 0.29) is 18.3 Å². The minimum absolute atomic E-state index is 0.0260. The van der Waals surface area contributed by atoms with E-state index < -0.39 is 0 Å². The molecule has 0 aliphatic rings. The maximum Gasteiger partial charge on any atom is 0.262 e. The number of carbonyl (C=O) groups is 2. The first kappa shape index (κ1) is 21.7. The number of thiazole rings is 1. The summed E-state index contributed by atoms with van der Waals surface area (Å²) in [5, 5.41) is 3.80. The maximum atomic E-state index is 12.4. The smallest absolute Gasteiger partial charge is 0.262 e. The average Bonchev–Trinajstić information content (AvgIpc) is 3.14. The number of carbonyl (C=O) groups excluding carboxylic acids is 2. The summed E-state index contributed by atoms with van der Waals surface area (Å²) in [5.74, 6) is 0.447. The SMILES string of the molecule is CCc1cccc(CC)c1NC(=O)COc1ccc(-c2nc(C)c(C(C)=O)s2)cc1. The molecular formula is C24H26N2O3S. The van der Waals surface area contributed by atoms with Gasteiger partial charge in [0.25, 0.3) is 5.91 Å². The molecule has 0 fully saturated rings. The van der Waals surface area contributed by atoms with E-state index in [9.17, 15) is 9.59 Å². The molecule has 0 atom stereocenters. The van der Waals surface area contributed by atoms with Crippen molar-refractivity contribution < 1.29 is 14.3 Å². The largest absolute Gasteiger partial charge is 0.484 e. The molecule has 0 spiro atoms. The van der Waals surface area contributed by atoms with Gasteiger partial charge in [-0.05, 0) is 55.2 Å². The number of hydrogen-bond donors (Lipinski definition) is 1. The van der Waals surface area contributed by atoms with Crippen molar-refractivity contribution >= 4 is 28.7 Å². The van der Waals surface area contributed by atoms with Gasteiger partial charge in [0.1, 0.15) is 10.8 Å². The van der Waals surface area contributed by atoms with E-state index in [1.165, 1.54) is 11.3 Å². The molecule has 6 heteroatoms. The molecule has 0 saturated heterocycles. The van der Waals surface area contributed by atoms with Gasteiger partial charge >= 0.3 is 0 Å². The highest BCUT2D eigenvalue weighted by molar-refractivity contribution is 7.17. The minimum Gasteiger partial charge on any atom is -0.484 e. The third-order valence-corrected chi connectivity index (χ3v) is 6.16. The summed E-state index contributed by atoms with van der Waals surface area (Å²) < 4.78 is 5.66. The van der Waals surface area contributed by atoms with Crippen LogP contribution >= 0.6 is 11.3 Å². The Bertz CT molecular complexity index is 1030. The van der Waals surface area contributed by atoms with E-state index in [2.05, 4.69) is 24.1 Å². The van der Waals surface area contributed by atoms with Gasteiger partial charge in [-0.3, -0.25) is 9.59 Å². The summed E-state index contributed by atoms with van der Waals surface area (Å²) in [6.07, 6.45) is 1.71. The molecular weight excluding hydrogens is 396 g/mol. The highest BCUT2D eigenvalue weighted by atomic mass is 32.1. The van der Waals surface area contributed by atoms with Crippen molar-refractivity contribution in [3.05, 3.63) is 64.2 Å². The summed E-state index contributed by atoms with van der Waals surface area (Å²) >= 11 is 1.39. The first-order chi connectivity index (χ1) is 14.4. The lowest BCUT2D eigenvalue weighted by atomic mass is 10.0. The number of ether oxygens (including phenoxy) is 1. The molecule has 1 N–H and O–H groups in total. The van der Waals surface area contributed by atoms with Crippen LogP contribution < -0.4 is 10.1 Å². The van der Waals surface area contributed by atoms with Crippen molar-refractivity contribution in [3.63, 3.8) is 0 Å². The zero-order valence-corrected chi connectivity index (χ0v) is 18.6. The standard InChI is InChI=1S/C24H26N2O3S/c1-5-17-8-7-9-18(6-2)22(17)26-21(28)14-29-20-12-10-19(11-13-20)24-25-15(3)23(30-24)16(4)27/h7-13H,5-6,14H2,1-4H3,(H,26,28). The van der Waals surface area contributed by atoms with Gasteiger partial charge in [-0.15, -0.1) is 11.3 Å². The van der Waals surface area contributed by atoms with Crippen LogP contribution in [0.3, 0.4) is 0 Å². The van der Waals surface area contributed by atoms with Crippen LogP contribution in [0, 0.1) is 6.92 Å². The number of ketones is 1. The Balaban J connectivity index is 1.64. The van der Waals surface area contributed by atoms with Crippen molar-refractivity contribution in [3.8, 4) is 16.3 Å². The quantitative estimate of drug-likeness (QED) is 0.489. The number of hydrogen-bond acceptors (Lipinski definition) is 5. The van der Waals surface area contributed by atoms with Crippen molar-refractivity contribution in [2.45, 2.75) is 40.5 Å². The van der Waals surface area contributed by atoms with Crippen LogP contribution in [0.15, 0.2) is 42.5 Å². The number of Topliss-reactive ketones (excluding diaryl/α,β-unsaturated/α-hetero) is 1. The Morgan fingerprint density at radius 1 is 1.03 bits per heavy atom. The monoisotopic (exact) mass is 422 g/mol. The number of nitrogens with zero attached hydrogens (tertiary/aromatic N) is 1. The molecule has 0 aliphatic heterocycles. The summed E-state index contributed by atoms with van der Waals surface area (Å²) in [7, 11) is 0. The number of nitrogens with one attached hydrogen (secondary N) is 1. The van der Waals surface area contributed by atoms with E-state index in [1.807, 2.05) is 49.4 Å². The van der Waals surface area contributed by atoms with Gasteiger partial charge in [0.05, 0.1) is 10.6 Å². The van der Waals surface area contributed by atoms with Gasteiger partial charge < -0.3 is 10.1 Å². The van der Waals surface area contributed by atoms with Crippen molar-refractivity contribution in [1.29, 1.82) is 0 Å². The summed E-state index contributed by atoms with van der Waals surface area (Å²) in [4.78, 5) is 29.2. The predicted octanol–water partition coefficient (Wildman–Crippen LogP) is 5.46. The molecule has 0 unspecified atom stereocenters. The van der Waals surface area contributed by atoms with Gasteiger partial charge in [-0.25, -0.2) is 4.98 Å². The molecule has 3 aromatic rings. The van der Waals surface area contributed by atoms with Crippen LogP contribution in [0.4, 0.5) is 5.69 Å². The highest BCUT2D eigenvalue weighted by Crippen LogP contribution is 2.29. The van der Waals surface area contributed by atoms with Gasteiger partial charge in [0.15, 0.2) is 12.4 Å². The van der Waals surface area contributed by atoms with E-state index in [1.54, 1.807) is 6.92 Å². The molecule has 3 rings (SSSR count). The Morgan fingerprint density at radius 3 is 2.20 bits per heavy atom. The summed E-state index contributed by atoms with van der Waals surface area (Å²) in [5.41, 5.74) is 4.80. The van der Waals surface area contributed by atoms with Gasteiger partial charge in [-0.1, -0.05) is 32.0 Å². The van der Waals surface area contributed by atoms with Crippen LogP contribution in [-0.2, 0) is 17.6 Å². The third-order valence-electron chi connectivity index (χ3n) is 4.85. The topological polar surface area (TPSA) is 68.3 Å². The maximum absolute atomic E-state index is 12.4. The number of anilines is 1. The lowest BCUT2D eigenvalue weighted by molar-refractivity contribution is -0.118. The Kier molecular flexibility index (Phi) is 7.00. The predicted molar refractivity (Wildman–Crippen MR) is 122 cm³/mol. The lowest BCUT2D eigenvalue weighted by Crippen LogP contribution is -2.21. The molecule has 1 heterocycles. The molecule has 0 bridgehead atoms. The molecule has 5 nitrogen and oxygen atoms in total. The first-order valence-electron chi connectivity index (χ1n) is 10.0. The molecule has 2 aromatic carbocycles. The molecule has 0 radical (unpaired) electrons. The Labute approximate surface area is 181 Å². The lowest BCUT2D eigenvalue weighted by Gasteiger charge is -2.14. The number of para-hydroxylation sites is 1. The van der Waals surface area contributed by atoms with Crippen molar-refractivity contribution in [1.82, 2.24) is 4.98 Å². The van der Waals surface area contributed by atoms with Crippen LogP contribution in [0.5, 0.6) is 5.75 Å². The zero-order chi connectivity index (χ0) is 21.7. The van der Waals surface area contributed by atoms with Crippen LogP contribution in [0.25, 0.3) is 10.6 Å². The fourth-order valence-corrected chi connectivity index (χ4v) is 4.23. The van der Waals surface area contributed by atoms with Crippen LogP contribution in [-0.4, -0.2) is 23.3 Å². The molecule has 30 heavy (non-hydrogen) atoms. The number of benzene rings is 2. The number of aryl methyl sites for hydroxylation is 3. The fourth-order valence-electron chi connectivity index (χ4n) is 3.27. The normalized spacial score (nSPS) is 10.7. The number of aromatic nitrogens is 1. The van der Waals surface area contributed by atoms with E-state index in [0.717, 1.165) is 45.9 Å². The second-order valence-electron chi connectivity index (χ2n) is 7.01. The molecule has 156 valence electrons. The van der Waals surface area contributed by atoms with Crippen molar-refractivity contribution in [2.75, 3.05) is 11.9 Å². The second kappa shape index (κ2) is 9.67. The molecule has 1 aromatic heterocycles. The molecule has 0 saturated carbocycles. The molecule has 1 amide bonds. The number of amides is 1. The van der Waals surface area contributed by atoms with Gasteiger partial charge in [-0.2, -0.15) is 0 Å². The van der Waals surface area contributed by atoms with Crippen LogP contribution in [0.1, 0.15) is 47.3 Å². The highest BCUT2D eigenvalue weighted by Gasteiger charge is 2.13. The van der Waals surface area contributed by atoms with Gasteiger partial charge in [0.2, 0.25) is 0 Å². The Morgan fingerprint density at radius 2 is 1.67 bits per heavy atom. The Hall–Kier alpha value is -2.99. The molecule has 0 aliphatic carbocycles. The van der Waals surface area contributed by atoms with E-state index in [0.29, 0.717) is 10.6 Å².